The molecule has 0 atom stereocenters. The topological polar surface area (TPSA) is 16.4 Å². The van der Waals surface area contributed by atoms with Crippen LogP contribution in [0.5, 0.6) is 0 Å². The number of hydrogen-bond acceptors (Lipinski definition) is 3. The lowest BCUT2D eigenvalue weighted by atomic mass is 9.96. The Morgan fingerprint density at radius 3 is 1.74 bits per heavy atom. The molecule has 248 valence electrons. The largest absolute Gasteiger partial charge is 0.456 e. The molecule has 53 heavy (non-hydrogen) atoms. The minimum Gasteiger partial charge on any atom is -0.456 e. The fourth-order valence-electron chi connectivity index (χ4n) is 7.97. The van der Waals surface area contributed by atoms with Gasteiger partial charge in [0.15, 0.2) is 0 Å². The van der Waals surface area contributed by atoms with E-state index in [2.05, 4.69) is 193 Å². The fraction of sp³-hybridized carbons (Fsp3) is 0. The van der Waals surface area contributed by atoms with E-state index in [-0.39, 0.29) is 0 Å². The van der Waals surface area contributed by atoms with E-state index in [4.69, 9.17) is 4.42 Å². The predicted octanol–water partition coefficient (Wildman–Crippen LogP) is 14.8. The molecule has 2 nitrogen and oxygen atoms in total. The summed E-state index contributed by atoms with van der Waals surface area (Å²) in [5.41, 5.74) is 12.4. The van der Waals surface area contributed by atoms with E-state index in [0.717, 1.165) is 38.8 Å². The highest BCUT2D eigenvalue weighted by atomic mass is 32.2. The van der Waals surface area contributed by atoms with Crippen molar-refractivity contribution < 1.29 is 4.42 Å². The van der Waals surface area contributed by atoms with Crippen LogP contribution in [0.4, 0.5) is 17.1 Å². The lowest BCUT2D eigenvalue weighted by Gasteiger charge is -2.34. The Morgan fingerprint density at radius 1 is 0.358 bits per heavy atom. The molecule has 0 N–H and O–H groups in total. The normalized spacial score (nSPS) is 12.4. The van der Waals surface area contributed by atoms with Crippen LogP contribution in [0.2, 0.25) is 0 Å². The highest BCUT2D eigenvalue weighted by molar-refractivity contribution is 8.00. The molecule has 2 heterocycles. The molecule has 9 aromatic carbocycles. The Bertz CT molecular complexity index is 2980. The number of rotatable bonds is 4. The van der Waals surface area contributed by atoms with Gasteiger partial charge in [-0.3, -0.25) is 0 Å². The van der Waals surface area contributed by atoms with Gasteiger partial charge in [0.25, 0.3) is 0 Å². The van der Waals surface area contributed by atoms with Gasteiger partial charge in [0, 0.05) is 26.3 Å². The third kappa shape index (κ3) is 5.04. The Morgan fingerprint density at radius 2 is 0.981 bits per heavy atom. The molecule has 0 unspecified atom stereocenters. The van der Waals surface area contributed by atoms with E-state index >= 15 is 0 Å². The first-order chi connectivity index (χ1) is 26.2. The molecule has 0 saturated heterocycles. The first-order valence-corrected chi connectivity index (χ1v) is 18.8. The fourth-order valence-corrected chi connectivity index (χ4v) is 9.14. The summed E-state index contributed by atoms with van der Waals surface area (Å²) in [7, 11) is 0. The van der Waals surface area contributed by atoms with Gasteiger partial charge in [-0.25, -0.2) is 0 Å². The summed E-state index contributed by atoms with van der Waals surface area (Å²) in [6, 6.07) is 68.2. The molecule has 0 spiro atoms. The average molecular weight is 694 g/mol. The van der Waals surface area contributed by atoms with Crippen molar-refractivity contribution in [2.24, 2.45) is 0 Å². The summed E-state index contributed by atoms with van der Waals surface area (Å²) in [5.74, 6) is 0. The summed E-state index contributed by atoms with van der Waals surface area (Å²) in [6.07, 6.45) is 0. The number of anilines is 3. The molecule has 0 bridgehead atoms. The van der Waals surface area contributed by atoms with Crippen molar-refractivity contribution in [3.05, 3.63) is 188 Å². The molecule has 0 amide bonds. The van der Waals surface area contributed by atoms with Crippen LogP contribution in [0, 0.1) is 0 Å². The van der Waals surface area contributed by atoms with Crippen LogP contribution in [-0.4, -0.2) is 0 Å². The second-order valence-corrected chi connectivity index (χ2v) is 14.8. The minimum atomic E-state index is 0.904. The third-order valence-electron chi connectivity index (χ3n) is 10.6. The highest BCUT2D eigenvalue weighted by Crippen LogP contribution is 2.55. The lowest BCUT2D eigenvalue weighted by molar-refractivity contribution is 0.669. The standard InChI is InChI=1S/C50H31NOS/c1-3-11-32(12-4-1)39-25-40(33-13-5-2-6-14-33)27-41(26-39)51-45-22-19-34-15-9-10-18-42(34)50(45)53-49-24-21-38(30-46(49)51)37-20-23-47-43(29-37)44-28-35-16-7-8-17-36(35)31-48(44)52-47/h1-31H. The van der Waals surface area contributed by atoms with E-state index in [9.17, 15) is 0 Å². The summed E-state index contributed by atoms with van der Waals surface area (Å²) in [4.78, 5) is 4.98. The van der Waals surface area contributed by atoms with Gasteiger partial charge in [0.2, 0.25) is 0 Å². The van der Waals surface area contributed by atoms with Crippen LogP contribution >= 0.6 is 11.8 Å². The Balaban J connectivity index is 1.13. The Labute approximate surface area is 311 Å². The maximum Gasteiger partial charge on any atom is 0.136 e. The lowest BCUT2D eigenvalue weighted by Crippen LogP contribution is -2.15. The van der Waals surface area contributed by atoms with Crippen molar-refractivity contribution in [2.45, 2.75) is 9.79 Å². The third-order valence-corrected chi connectivity index (χ3v) is 11.8. The molecule has 3 heteroatoms. The van der Waals surface area contributed by atoms with Crippen LogP contribution < -0.4 is 4.90 Å². The highest BCUT2D eigenvalue weighted by Gasteiger charge is 2.28. The van der Waals surface area contributed by atoms with Gasteiger partial charge in [-0.05, 0) is 116 Å². The maximum atomic E-state index is 6.37. The van der Waals surface area contributed by atoms with Gasteiger partial charge in [-0.2, -0.15) is 0 Å². The summed E-state index contributed by atoms with van der Waals surface area (Å²) in [5, 5.41) is 7.19. The first kappa shape index (κ1) is 30.1. The zero-order valence-electron chi connectivity index (χ0n) is 28.7. The molecule has 0 radical (unpaired) electrons. The van der Waals surface area contributed by atoms with Crippen LogP contribution in [0.1, 0.15) is 0 Å². The summed E-state index contributed by atoms with van der Waals surface area (Å²) in [6.45, 7) is 0. The van der Waals surface area contributed by atoms with Crippen molar-refractivity contribution in [3.8, 4) is 33.4 Å². The van der Waals surface area contributed by atoms with Gasteiger partial charge >= 0.3 is 0 Å². The first-order valence-electron chi connectivity index (χ1n) is 18.0. The maximum absolute atomic E-state index is 6.37. The van der Waals surface area contributed by atoms with E-state index in [0.29, 0.717) is 0 Å². The average Bonchev–Trinajstić information content (AvgIpc) is 3.58. The van der Waals surface area contributed by atoms with Crippen molar-refractivity contribution in [1.82, 2.24) is 0 Å². The van der Waals surface area contributed by atoms with Gasteiger partial charge in [-0.1, -0.05) is 139 Å². The van der Waals surface area contributed by atoms with Gasteiger partial charge in [0.1, 0.15) is 11.2 Å². The Kier molecular flexibility index (Phi) is 6.83. The number of benzene rings is 9. The molecule has 0 saturated carbocycles. The zero-order chi connectivity index (χ0) is 34.9. The zero-order valence-corrected chi connectivity index (χ0v) is 29.5. The summed E-state index contributed by atoms with van der Waals surface area (Å²) < 4.78 is 6.37. The molecule has 0 fully saturated rings. The molecule has 0 aliphatic carbocycles. The van der Waals surface area contributed by atoms with Crippen molar-refractivity contribution in [3.63, 3.8) is 0 Å². The smallest absolute Gasteiger partial charge is 0.136 e. The van der Waals surface area contributed by atoms with E-state index in [1.54, 1.807) is 0 Å². The number of nitrogens with zero attached hydrogens (tertiary/aromatic N) is 1. The second-order valence-electron chi connectivity index (χ2n) is 13.8. The summed E-state index contributed by atoms with van der Waals surface area (Å²) >= 11 is 1.87. The SMILES string of the molecule is c1ccc(-c2cc(-c3ccccc3)cc(N3c4cc(-c5ccc6oc7cc8ccccc8cc7c6c5)ccc4Sc4c3ccc3ccccc43)c2)cc1. The van der Waals surface area contributed by atoms with Gasteiger partial charge in [-0.15, -0.1) is 0 Å². The van der Waals surface area contributed by atoms with Crippen molar-refractivity contribution >= 4 is 72.3 Å². The van der Waals surface area contributed by atoms with Crippen molar-refractivity contribution in [2.75, 3.05) is 4.90 Å². The van der Waals surface area contributed by atoms with Crippen LogP contribution in [0.3, 0.4) is 0 Å². The van der Waals surface area contributed by atoms with Crippen LogP contribution in [0.15, 0.2) is 202 Å². The minimum absolute atomic E-state index is 0.904. The monoisotopic (exact) mass is 693 g/mol. The van der Waals surface area contributed by atoms with Crippen molar-refractivity contribution in [1.29, 1.82) is 0 Å². The number of hydrogen-bond donors (Lipinski definition) is 0. The number of fused-ring (bicyclic) bond motifs is 8. The molecular weight excluding hydrogens is 663 g/mol. The molecule has 1 aliphatic heterocycles. The van der Waals surface area contributed by atoms with E-state index < -0.39 is 0 Å². The quantitative estimate of drug-likeness (QED) is 0.183. The van der Waals surface area contributed by atoms with Crippen LogP contribution in [0.25, 0.3) is 76.9 Å². The molecule has 10 aromatic rings. The van der Waals surface area contributed by atoms with E-state index in [1.165, 1.54) is 65.0 Å². The van der Waals surface area contributed by atoms with Gasteiger partial charge < -0.3 is 9.32 Å². The molecular formula is C50H31NOS. The molecule has 1 aliphatic rings. The predicted molar refractivity (Wildman–Crippen MR) is 224 cm³/mol. The molecule has 11 rings (SSSR count). The second kappa shape index (κ2) is 12.0. The molecule has 1 aromatic heterocycles. The van der Waals surface area contributed by atoms with E-state index in [1.807, 2.05) is 11.8 Å². The number of furan rings is 1. The van der Waals surface area contributed by atoms with Crippen LogP contribution in [-0.2, 0) is 0 Å². The van der Waals surface area contributed by atoms with Gasteiger partial charge in [0.05, 0.1) is 11.4 Å². The Hall–Kier alpha value is -6.55.